The van der Waals surface area contributed by atoms with E-state index in [0.29, 0.717) is 0 Å². The summed E-state index contributed by atoms with van der Waals surface area (Å²) in [5.74, 6) is 0.104. The van der Waals surface area contributed by atoms with Crippen LogP contribution in [0.4, 0.5) is 0 Å². The van der Waals surface area contributed by atoms with Crippen LogP contribution in [0.3, 0.4) is 0 Å². The van der Waals surface area contributed by atoms with Crippen LogP contribution in [0, 0.1) is 0 Å². The molecular formula is C24H25N3O. The maximum atomic E-state index is 13.2. The molecule has 4 nitrogen and oxygen atoms in total. The predicted octanol–water partition coefficient (Wildman–Crippen LogP) is 4.62. The molecule has 0 unspecified atom stereocenters. The minimum Gasteiger partial charge on any atom is -0.349 e. The van der Waals surface area contributed by atoms with Crippen LogP contribution in [0.5, 0.6) is 0 Å². The third-order valence-electron chi connectivity index (χ3n) is 5.89. The Labute approximate surface area is 166 Å². The fourth-order valence-corrected chi connectivity index (χ4v) is 4.13. The summed E-state index contributed by atoms with van der Waals surface area (Å²) in [7, 11) is 0. The van der Waals surface area contributed by atoms with Crippen LogP contribution in [0.2, 0.25) is 0 Å². The number of carbonyl (C=O) groups excluding carboxylic acids is 1. The van der Waals surface area contributed by atoms with Crippen molar-refractivity contribution in [3.8, 4) is 11.1 Å². The average Bonchev–Trinajstić information content (AvgIpc) is 2.75. The molecule has 0 spiro atoms. The lowest BCUT2D eigenvalue weighted by Gasteiger charge is -2.35. The number of fused-ring (bicyclic) bond motifs is 1. The molecule has 142 valence electrons. The molecule has 4 heteroatoms. The highest BCUT2D eigenvalue weighted by Gasteiger charge is 2.39. The number of carbonyl (C=O) groups is 1. The lowest BCUT2D eigenvalue weighted by molar-refractivity contribution is -0.127. The molecule has 0 fully saturated rings. The zero-order valence-electron chi connectivity index (χ0n) is 16.4. The molecule has 0 aliphatic heterocycles. The fourth-order valence-electron chi connectivity index (χ4n) is 4.13. The van der Waals surface area contributed by atoms with E-state index in [1.54, 1.807) is 12.4 Å². The fraction of sp³-hybridized carbons (Fsp3) is 0.292. The number of nitrogens with zero attached hydrogens (tertiary/aromatic N) is 2. The first-order chi connectivity index (χ1) is 13.6. The highest BCUT2D eigenvalue weighted by Crippen LogP contribution is 2.37. The second kappa shape index (κ2) is 7.55. The Hall–Kier alpha value is -3.01. The molecule has 28 heavy (non-hydrogen) atoms. The van der Waals surface area contributed by atoms with Gasteiger partial charge in [-0.1, -0.05) is 48.5 Å². The topological polar surface area (TPSA) is 54.9 Å². The highest BCUT2D eigenvalue weighted by molar-refractivity contribution is 5.88. The number of rotatable bonds is 4. The molecule has 1 N–H and O–H groups in total. The largest absolute Gasteiger partial charge is 0.349 e. The molecule has 0 radical (unpaired) electrons. The van der Waals surface area contributed by atoms with Crippen molar-refractivity contribution >= 4 is 5.91 Å². The second-order valence-corrected chi connectivity index (χ2v) is 7.79. The standard InChI is InChI=1S/C24H25N3O/c1-17(18-9-11-19(12-10-18)21-14-25-16-26-15-21)27-23(28)24(2)13-5-7-20-6-3-4-8-22(20)24/h3-4,6,8-12,14-17H,5,7,13H2,1-2H3,(H,27,28)/t17-,24-/m0/s1. The van der Waals surface area contributed by atoms with E-state index in [1.165, 1.54) is 17.5 Å². The van der Waals surface area contributed by atoms with Gasteiger partial charge in [0.15, 0.2) is 0 Å². The third kappa shape index (κ3) is 3.42. The van der Waals surface area contributed by atoms with Gasteiger partial charge in [-0.3, -0.25) is 4.79 Å². The van der Waals surface area contributed by atoms with Crippen LogP contribution in [0.15, 0.2) is 67.3 Å². The van der Waals surface area contributed by atoms with Crippen LogP contribution in [0.1, 0.15) is 49.4 Å². The first-order valence-electron chi connectivity index (χ1n) is 9.82. The smallest absolute Gasteiger partial charge is 0.230 e. The second-order valence-electron chi connectivity index (χ2n) is 7.79. The Bertz CT molecular complexity index is 969. The van der Waals surface area contributed by atoms with E-state index in [1.807, 2.05) is 25.1 Å². The van der Waals surface area contributed by atoms with Crippen molar-refractivity contribution in [1.82, 2.24) is 15.3 Å². The van der Waals surface area contributed by atoms with E-state index < -0.39 is 5.41 Å². The monoisotopic (exact) mass is 371 g/mol. The molecule has 4 rings (SSSR count). The van der Waals surface area contributed by atoms with Gasteiger partial charge in [-0.05, 0) is 55.4 Å². The molecule has 0 bridgehead atoms. The molecule has 0 saturated carbocycles. The summed E-state index contributed by atoms with van der Waals surface area (Å²) >= 11 is 0. The first kappa shape index (κ1) is 18.4. The molecule has 1 aromatic heterocycles. The van der Waals surface area contributed by atoms with Crippen molar-refractivity contribution in [2.24, 2.45) is 0 Å². The normalized spacial score (nSPS) is 19.5. The van der Waals surface area contributed by atoms with Gasteiger partial charge in [0.05, 0.1) is 11.5 Å². The first-order valence-corrected chi connectivity index (χ1v) is 9.82. The van der Waals surface area contributed by atoms with Crippen molar-refractivity contribution in [3.63, 3.8) is 0 Å². The number of benzene rings is 2. The number of hydrogen-bond acceptors (Lipinski definition) is 3. The number of aryl methyl sites for hydroxylation is 1. The molecule has 3 aromatic rings. The summed E-state index contributed by atoms with van der Waals surface area (Å²) in [4.78, 5) is 21.4. The van der Waals surface area contributed by atoms with Gasteiger partial charge in [-0.15, -0.1) is 0 Å². The van der Waals surface area contributed by atoms with Crippen molar-refractivity contribution in [2.75, 3.05) is 0 Å². The van der Waals surface area contributed by atoms with Crippen LogP contribution in [0.25, 0.3) is 11.1 Å². The van der Waals surface area contributed by atoms with Crippen molar-refractivity contribution in [2.45, 2.75) is 44.6 Å². The lowest BCUT2D eigenvalue weighted by Crippen LogP contribution is -2.45. The summed E-state index contributed by atoms with van der Waals surface area (Å²) in [5.41, 5.74) is 5.14. The molecule has 0 saturated heterocycles. The van der Waals surface area contributed by atoms with E-state index in [2.05, 4.69) is 52.5 Å². The Morgan fingerprint density at radius 1 is 1.04 bits per heavy atom. The van der Waals surface area contributed by atoms with Crippen molar-refractivity contribution in [3.05, 3.63) is 83.9 Å². The number of hydrogen-bond donors (Lipinski definition) is 1. The van der Waals surface area contributed by atoms with Gasteiger partial charge in [0.25, 0.3) is 0 Å². The van der Waals surface area contributed by atoms with Gasteiger partial charge in [0.2, 0.25) is 5.91 Å². The zero-order valence-corrected chi connectivity index (χ0v) is 16.4. The summed E-state index contributed by atoms with van der Waals surface area (Å²) in [5, 5.41) is 3.24. The van der Waals surface area contributed by atoms with Gasteiger partial charge in [0.1, 0.15) is 6.33 Å². The van der Waals surface area contributed by atoms with E-state index in [-0.39, 0.29) is 11.9 Å². The molecule has 1 aliphatic carbocycles. The Morgan fingerprint density at radius 2 is 1.75 bits per heavy atom. The minimum absolute atomic E-state index is 0.0560. The third-order valence-corrected chi connectivity index (χ3v) is 5.89. The quantitative estimate of drug-likeness (QED) is 0.728. The van der Waals surface area contributed by atoms with E-state index in [0.717, 1.165) is 36.0 Å². The van der Waals surface area contributed by atoms with Gasteiger partial charge in [0, 0.05) is 18.0 Å². The Morgan fingerprint density at radius 3 is 2.50 bits per heavy atom. The number of nitrogens with one attached hydrogen (secondary N) is 1. The number of amides is 1. The molecule has 1 aliphatic rings. The van der Waals surface area contributed by atoms with Crippen LogP contribution in [-0.4, -0.2) is 15.9 Å². The van der Waals surface area contributed by atoms with Crippen molar-refractivity contribution in [1.29, 1.82) is 0 Å². The summed E-state index contributed by atoms with van der Waals surface area (Å²) < 4.78 is 0. The van der Waals surface area contributed by atoms with Gasteiger partial charge in [-0.2, -0.15) is 0 Å². The van der Waals surface area contributed by atoms with Crippen molar-refractivity contribution < 1.29 is 4.79 Å². The van der Waals surface area contributed by atoms with Crippen LogP contribution < -0.4 is 5.32 Å². The Balaban J connectivity index is 1.51. The molecule has 2 atom stereocenters. The van der Waals surface area contributed by atoms with E-state index in [9.17, 15) is 4.79 Å². The van der Waals surface area contributed by atoms with Crippen LogP contribution >= 0.6 is 0 Å². The SMILES string of the molecule is C[C@H](NC(=O)[C@@]1(C)CCCc2ccccc21)c1ccc(-c2cncnc2)cc1. The summed E-state index contributed by atoms with van der Waals surface area (Å²) in [6.07, 6.45) is 8.11. The minimum atomic E-state index is -0.468. The molecule has 2 aromatic carbocycles. The Kier molecular flexibility index (Phi) is 4.95. The molecule has 1 amide bonds. The van der Waals surface area contributed by atoms with Gasteiger partial charge >= 0.3 is 0 Å². The lowest BCUT2D eigenvalue weighted by atomic mass is 9.70. The highest BCUT2D eigenvalue weighted by atomic mass is 16.2. The zero-order chi connectivity index (χ0) is 19.6. The molecular weight excluding hydrogens is 346 g/mol. The van der Waals surface area contributed by atoms with E-state index >= 15 is 0 Å². The average molecular weight is 371 g/mol. The predicted molar refractivity (Wildman–Crippen MR) is 111 cm³/mol. The maximum Gasteiger partial charge on any atom is 0.230 e. The van der Waals surface area contributed by atoms with E-state index in [4.69, 9.17) is 0 Å². The summed E-state index contributed by atoms with van der Waals surface area (Å²) in [6.45, 7) is 4.11. The van der Waals surface area contributed by atoms with Gasteiger partial charge in [-0.25, -0.2) is 9.97 Å². The number of aromatic nitrogens is 2. The van der Waals surface area contributed by atoms with Gasteiger partial charge < -0.3 is 5.32 Å². The summed E-state index contributed by atoms with van der Waals surface area (Å²) in [6, 6.07) is 16.5. The molecule has 1 heterocycles. The van der Waals surface area contributed by atoms with Crippen LogP contribution in [-0.2, 0) is 16.6 Å². The maximum absolute atomic E-state index is 13.2.